The smallest absolute Gasteiger partial charge is 0.281 e. The van der Waals surface area contributed by atoms with E-state index in [1.54, 1.807) is 37.4 Å². The lowest BCUT2D eigenvalue weighted by atomic mass is 10.0. The van der Waals surface area contributed by atoms with Gasteiger partial charge in [-0.1, -0.05) is 47.7 Å². The number of nitrogens with zero attached hydrogens (tertiary/aromatic N) is 4. The van der Waals surface area contributed by atoms with Crippen LogP contribution in [-0.2, 0) is 17.8 Å². The first-order chi connectivity index (χ1) is 21.9. The molecule has 3 aromatic carbocycles. The number of hydrogen-bond acceptors (Lipinski definition) is 9. The Balaban J connectivity index is 1.41. The van der Waals surface area contributed by atoms with E-state index in [9.17, 15) is 9.59 Å². The zero-order chi connectivity index (χ0) is 31.5. The maximum Gasteiger partial charge on any atom is 0.281 e. The van der Waals surface area contributed by atoms with Gasteiger partial charge in [-0.2, -0.15) is 0 Å². The van der Waals surface area contributed by atoms with Crippen molar-refractivity contribution >= 4 is 32.6 Å². The van der Waals surface area contributed by atoms with Gasteiger partial charge in [-0.15, -0.1) is 0 Å². The van der Waals surface area contributed by atoms with Gasteiger partial charge in [0.25, 0.3) is 5.56 Å². The van der Waals surface area contributed by atoms with E-state index in [0.29, 0.717) is 46.4 Å². The van der Waals surface area contributed by atoms with Gasteiger partial charge in [-0.3, -0.25) is 14.2 Å². The summed E-state index contributed by atoms with van der Waals surface area (Å²) in [6.07, 6.45) is 2.65. The fourth-order valence-corrected chi connectivity index (χ4v) is 6.78. The first-order valence-corrected chi connectivity index (χ1v) is 15.5. The van der Waals surface area contributed by atoms with Crippen LogP contribution in [0.15, 0.2) is 71.5 Å². The predicted molar refractivity (Wildman–Crippen MR) is 172 cm³/mol. The summed E-state index contributed by atoms with van der Waals surface area (Å²) in [5.41, 5.74) is 1.64. The molecule has 1 aliphatic rings. The lowest BCUT2D eigenvalue weighted by Gasteiger charge is -2.22. The first kappa shape index (κ1) is 30.3. The number of methoxy groups -OCH3 is 3. The van der Waals surface area contributed by atoms with Crippen LogP contribution < -0.4 is 24.7 Å². The van der Waals surface area contributed by atoms with Gasteiger partial charge in [0.15, 0.2) is 32.8 Å². The van der Waals surface area contributed by atoms with Gasteiger partial charge >= 0.3 is 0 Å². The van der Waals surface area contributed by atoms with E-state index >= 15 is 4.39 Å². The molecule has 0 amide bonds. The van der Waals surface area contributed by atoms with Gasteiger partial charge in [0, 0.05) is 24.6 Å². The minimum Gasteiger partial charge on any atom is -0.497 e. The minimum absolute atomic E-state index is 0.0364. The van der Waals surface area contributed by atoms with Crippen molar-refractivity contribution in [2.24, 2.45) is 0 Å². The summed E-state index contributed by atoms with van der Waals surface area (Å²) >= 11 is 1.24. The highest BCUT2D eigenvalue weighted by Gasteiger charge is 2.33. The van der Waals surface area contributed by atoms with E-state index in [1.807, 2.05) is 35.2 Å². The molecule has 0 N–H and O–H groups in total. The number of ketones is 1. The summed E-state index contributed by atoms with van der Waals surface area (Å²) in [7, 11) is 4.48. The number of thiazole rings is 1. The van der Waals surface area contributed by atoms with Crippen LogP contribution in [-0.4, -0.2) is 54.2 Å². The number of halogens is 1. The number of hydrogen-bond donors (Lipinski definition) is 0. The Hall–Kier alpha value is -4.77. The van der Waals surface area contributed by atoms with Crippen molar-refractivity contribution in [1.82, 2.24) is 14.5 Å². The molecule has 1 fully saturated rings. The minimum atomic E-state index is -0.630. The summed E-state index contributed by atoms with van der Waals surface area (Å²) in [6.45, 7) is 0.689. The standard InChI is InChI=1S/C34H33FN4O5S/c1-42-23-16-15-22(28(19-23)44-3)20-39-31(24-11-7-13-27(43-2)29(24)35)37-32-30(33(39)41)36-34(45-32)38-18-8-12-25(38)26(40)17-14-21-9-5-4-6-10-21/h4-7,9-11,13,15-16,19,25H,8,12,14,17-18,20H2,1-3H3/t25-/m1/s1. The number of carbonyl (C=O) groups is 1. The largest absolute Gasteiger partial charge is 0.497 e. The number of aromatic nitrogens is 3. The van der Waals surface area contributed by atoms with Gasteiger partial charge < -0.3 is 19.1 Å². The van der Waals surface area contributed by atoms with Crippen LogP contribution in [0.25, 0.3) is 21.7 Å². The summed E-state index contributed by atoms with van der Waals surface area (Å²) in [5.74, 6) is 0.787. The van der Waals surface area contributed by atoms with Crippen LogP contribution in [0.4, 0.5) is 9.52 Å². The SMILES string of the molecule is COc1ccc(Cn2c(-c3cccc(OC)c3F)nc3sc(N4CCC[C@@H]4C(=O)CCc4ccccc4)nc3c2=O)c(OC)c1. The number of ether oxygens (including phenoxy) is 3. The molecule has 0 unspecified atom stereocenters. The van der Waals surface area contributed by atoms with Crippen molar-refractivity contribution in [3.05, 3.63) is 94.0 Å². The molecule has 3 heterocycles. The van der Waals surface area contributed by atoms with E-state index in [0.717, 1.165) is 18.4 Å². The zero-order valence-corrected chi connectivity index (χ0v) is 26.1. The quantitative estimate of drug-likeness (QED) is 0.178. The second-order valence-electron chi connectivity index (χ2n) is 10.8. The maximum absolute atomic E-state index is 15.7. The molecule has 0 saturated carbocycles. The first-order valence-electron chi connectivity index (χ1n) is 14.7. The number of rotatable bonds is 11. The molecule has 5 aromatic rings. The van der Waals surface area contributed by atoms with Gasteiger partial charge in [0.2, 0.25) is 0 Å². The number of fused-ring (bicyclic) bond motifs is 1. The molecule has 9 nitrogen and oxygen atoms in total. The Morgan fingerprint density at radius 3 is 2.53 bits per heavy atom. The molecule has 6 rings (SSSR count). The van der Waals surface area contributed by atoms with Gasteiger partial charge in [-0.05, 0) is 49.1 Å². The maximum atomic E-state index is 15.7. The molecular weight excluding hydrogens is 595 g/mol. The number of carbonyl (C=O) groups excluding carboxylic acids is 1. The molecule has 1 aliphatic heterocycles. The van der Waals surface area contributed by atoms with Gasteiger partial charge in [0.05, 0.1) is 39.5 Å². The highest BCUT2D eigenvalue weighted by Crippen LogP contribution is 2.35. The summed E-state index contributed by atoms with van der Waals surface area (Å²) < 4.78 is 33.2. The van der Waals surface area contributed by atoms with Crippen molar-refractivity contribution < 1.29 is 23.4 Å². The molecule has 0 bridgehead atoms. The number of anilines is 1. The van der Waals surface area contributed by atoms with Crippen LogP contribution in [0.2, 0.25) is 0 Å². The fraction of sp³-hybridized carbons (Fsp3) is 0.294. The van der Waals surface area contributed by atoms with E-state index in [2.05, 4.69) is 0 Å². The van der Waals surface area contributed by atoms with Crippen LogP contribution in [0.5, 0.6) is 17.2 Å². The number of aryl methyl sites for hydroxylation is 1. The van der Waals surface area contributed by atoms with E-state index in [1.165, 1.54) is 36.2 Å². The molecule has 11 heteroatoms. The van der Waals surface area contributed by atoms with Crippen LogP contribution in [0.1, 0.15) is 30.4 Å². The molecule has 1 atom stereocenters. The van der Waals surface area contributed by atoms with Crippen molar-refractivity contribution in [2.45, 2.75) is 38.3 Å². The van der Waals surface area contributed by atoms with E-state index in [-0.39, 0.29) is 41.0 Å². The van der Waals surface area contributed by atoms with Crippen molar-refractivity contribution in [2.75, 3.05) is 32.8 Å². The molecule has 0 aliphatic carbocycles. The second kappa shape index (κ2) is 13.1. The Kier molecular flexibility index (Phi) is 8.79. The average molecular weight is 629 g/mol. The van der Waals surface area contributed by atoms with Crippen molar-refractivity contribution in [3.8, 4) is 28.6 Å². The van der Waals surface area contributed by atoms with Gasteiger partial charge in [0.1, 0.15) is 17.3 Å². The van der Waals surface area contributed by atoms with Crippen molar-refractivity contribution in [1.29, 1.82) is 0 Å². The summed E-state index contributed by atoms with van der Waals surface area (Å²) in [4.78, 5) is 39.4. The summed E-state index contributed by atoms with van der Waals surface area (Å²) in [6, 6.07) is 19.6. The summed E-state index contributed by atoms with van der Waals surface area (Å²) in [5, 5.41) is 0.557. The Morgan fingerprint density at radius 1 is 0.978 bits per heavy atom. The molecular formula is C34H33FN4O5S. The van der Waals surface area contributed by atoms with Crippen molar-refractivity contribution in [3.63, 3.8) is 0 Å². The third-order valence-electron chi connectivity index (χ3n) is 8.13. The molecule has 0 radical (unpaired) electrons. The predicted octanol–water partition coefficient (Wildman–Crippen LogP) is 5.90. The monoisotopic (exact) mass is 628 g/mol. The molecule has 0 spiro atoms. The van der Waals surface area contributed by atoms with E-state index in [4.69, 9.17) is 24.2 Å². The zero-order valence-electron chi connectivity index (χ0n) is 25.3. The lowest BCUT2D eigenvalue weighted by Crippen LogP contribution is -2.36. The highest BCUT2D eigenvalue weighted by atomic mass is 32.1. The molecule has 45 heavy (non-hydrogen) atoms. The Labute approximate surface area is 263 Å². The Bertz CT molecular complexity index is 1910. The van der Waals surface area contributed by atoms with E-state index < -0.39 is 11.4 Å². The van der Waals surface area contributed by atoms with Crippen LogP contribution in [0, 0.1) is 5.82 Å². The number of benzene rings is 3. The van der Waals surface area contributed by atoms with Crippen LogP contribution in [0.3, 0.4) is 0 Å². The normalized spacial score (nSPS) is 14.6. The second-order valence-corrected chi connectivity index (χ2v) is 11.7. The third kappa shape index (κ3) is 6.00. The fourth-order valence-electron chi connectivity index (χ4n) is 5.78. The third-order valence-corrected chi connectivity index (χ3v) is 9.12. The topological polar surface area (TPSA) is 95.8 Å². The molecule has 232 valence electrons. The Morgan fingerprint density at radius 2 is 1.78 bits per heavy atom. The highest BCUT2D eigenvalue weighted by molar-refractivity contribution is 7.21. The van der Waals surface area contributed by atoms with Crippen LogP contribution >= 0.6 is 11.3 Å². The number of Topliss-reactive ketones (excluding diaryl/α,β-unsaturated/α-hetero) is 1. The lowest BCUT2D eigenvalue weighted by molar-refractivity contribution is -0.120. The van der Waals surface area contributed by atoms with Gasteiger partial charge in [-0.25, -0.2) is 14.4 Å². The average Bonchev–Trinajstić information content (AvgIpc) is 3.73. The molecule has 1 saturated heterocycles. The molecule has 2 aromatic heterocycles.